The Morgan fingerprint density at radius 1 is 1.64 bits per heavy atom. The minimum absolute atomic E-state index is 0.315. The highest BCUT2D eigenvalue weighted by molar-refractivity contribution is 5.91. The van der Waals surface area contributed by atoms with Gasteiger partial charge >= 0.3 is 0 Å². The number of carbonyl (C=O) groups excluding carboxylic acids is 1. The first kappa shape index (κ1) is 8.51. The molecule has 0 amide bonds. The SMILES string of the molecule is CCC[C@@H]1CCC(=O)C=C1C. The number of hydrogen-bond acceptors (Lipinski definition) is 1. The molecule has 1 nitrogen and oxygen atoms in total. The van der Waals surface area contributed by atoms with E-state index in [1.807, 2.05) is 6.08 Å². The summed E-state index contributed by atoms with van der Waals surface area (Å²) >= 11 is 0. The van der Waals surface area contributed by atoms with E-state index in [1.54, 1.807) is 0 Å². The van der Waals surface area contributed by atoms with Crippen LogP contribution in [0.5, 0.6) is 0 Å². The molecule has 0 fully saturated rings. The zero-order valence-corrected chi connectivity index (χ0v) is 7.39. The van der Waals surface area contributed by atoms with Crippen LogP contribution in [0, 0.1) is 5.92 Å². The number of ketones is 1. The fourth-order valence-corrected chi connectivity index (χ4v) is 1.71. The summed E-state index contributed by atoms with van der Waals surface area (Å²) in [6.07, 6.45) is 6.14. The molecule has 0 saturated carbocycles. The lowest BCUT2D eigenvalue weighted by atomic mass is 9.85. The molecule has 0 aromatic rings. The smallest absolute Gasteiger partial charge is 0.155 e. The first-order valence-electron chi connectivity index (χ1n) is 4.45. The van der Waals surface area contributed by atoms with Gasteiger partial charge in [0.1, 0.15) is 0 Å². The van der Waals surface area contributed by atoms with Gasteiger partial charge in [0.25, 0.3) is 0 Å². The van der Waals surface area contributed by atoms with Crippen molar-refractivity contribution in [1.29, 1.82) is 0 Å². The standard InChI is InChI=1S/C10H16O/c1-3-4-9-5-6-10(11)7-8(9)2/h7,9H,3-6H2,1-2H3/t9-/m1/s1. The van der Waals surface area contributed by atoms with Gasteiger partial charge in [0, 0.05) is 6.42 Å². The van der Waals surface area contributed by atoms with E-state index in [0.29, 0.717) is 11.7 Å². The quantitative estimate of drug-likeness (QED) is 0.594. The Balaban J connectivity index is 2.57. The fourth-order valence-electron chi connectivity index (χ4n) is 1.71. The number of carbonyl (C=O) groups is 1. The molecule has 0 radical (unpaired) electrons. The molecule has 11 heavy (non-hydrogen) atoms. The highest BCUT2D eigenvalue weighted by Gasteiger charge is 2.16. The molecule has 1 aliphatic rings. The maximum atomic E-state index is 10.9. The van der Waals surface area contributed by atoms with Crippen LogP contribution in [-0.4, -0.2) is 5.78 Å². The average molecular weight is 152 g/mol. The van der Waals surface area contributed by atoms with Gasteiger partial charge in [-0.15, -0.1) is 0 Å². The molecule has 0 aliphatic heterocycles. The topological polar surface area (TPSA) is 17.1 Å². The zero-order chi connectivity index (χ0) is 8.27. The zero-order valence-electron chi connectivity index (χ0n) is 7.39. The normalized spacial score (nSPS) is 25.1. The predicted octanol–water partition coefficient (Wildman–Crippen LogP) is 2.71. The third kappa shape index (κ3) is 2.18. The first-order valence-corrected chi connectivity index (χ1v) is 4.45. The van der Waals surface area contributed by atoms with E-state index in [4.69, 9.17) is 0 Å². The van der Waals surface area contributed by atoms with Crippen molar-refractivity contribution in [2.24, 2.45) is 5.92 Å². The molecule has 0 heterocycles. The minimum Gasteiger partial charge on any atom is -0.295 e. The molecule has 1 heteroatoms. The summed E-state index contributed by atoms with van der Waals surface area (Å²) in [5.41, 5.74) is 1.29. The summed E-state index contributed by atoms with van der Waals surface area (Å²) in [7, 11) is 0. The summed E-state index contributed by atoms with van der Waals surface area (Å²) in [6, 6.07) is 0. The van der Waals surface area contributed by atoms with Crippen LogP contribution in [0.15, 0.2) is 11.6 Å². The van der Waals surface area contributed by atoms with E-state index in [2.05, 4.69) is 13.8 Å². The van der Waals surface area contributed by atoms with E-state index < -0.39 is 0 Å². The number of hydrogen-bond donors (Lipinski definition) is 0. The Morgan fingerprint density at radius 2 is 2.36 bits per heavy atom. The van der Waals surface area contributed by atoms with Gasteiger partial charge in [0.05, 0.1) is 0 Å². The van der Waals surface area contributed by atoms with Crippen molar-refractivity contribution in [3.63, 3.8) is 0 Å². The summed E-state index contributed by atoms with van der Waals surface area (Å²) in [6.45, 7) is 4.28. The predicted molar refractivity (Wildman–Crippen MR) is 46.4 cm³/mol. The Hall–Kier alpha value is -0.590. The minimum atomic E-state index is 0.315. The van der Waals surface area contributed by atoms with Crippen molar-refractivity contribution in [2.45, 2.75) is 39.5 Å². The van der Waals surface area contributed by atoms with Gasteiger partial charge in [0.15, 0.2) is 5.78 Å². The average Bonchev–Trinajstić information content (AvgIpc) is 1.95. The van der Waals surface area contributed by atoms with Crippen molar-refractivity contribution in [3.8, 4) is 0 Å². The van der Waals surface area contributed by atoms with E-state index >= 15 is 0 Å². The highest BCUT2D eigenvalue weighted by atomic mass is 16.1. The van der Waals surface area contributed by atoms with Gasteiger partial charge in [-0.05, 0) is 31.8 Å². The maximum Gasteiger partial charge on any atom is 0.155 e. The van der Waals surface area contributed by atoms with Gasteiger partial charge in [0.2, 0.25) is 0 Å². The van der Waals surface area contributed by atoms with Crippen LogP contribution in [0.2, 0.25) is 0 Å². The molecule has 1 rings (SSSR count). The van der Waals surface area contributed by atoms with Crippen LogP contribution >= 0.6 is 0 Å². The molecule has 0 aromatic heterocycles. The van der Waals surface area contributed by atoms with Gasteiger partial charge in [-0.25, -0.2) is 0 Å². The molecular formula is C10H16O. The Morgan fingerprint density at radius 3 is 2.91 bits per heavy atom. The number of allylic oxidation sites excluding steroid dienone is 2. The molecule has 0 spiro atoms. The van der Waals surface area contributed by atoms with Gasteiger partial charge in [-0.2, -0.15) is 0 Å². The van der Waals surface area contributed by atoms with Gasteiger partial charge < -0.3 is 0 Å². The molecule has 0 aromatic carbocycles. The van der Waals surface area contributed by atoms with Crippen LogP contribution in [0.25, 0.3) is 0 Å². The van der Waals surface area contributed by atoms with E-state index in [0.717, 1.165) is 12.8 Å². The monoisotopic (exact) mass is 152 g/mol. The lowest BCUT2D eigenvalue weighted by Gasteiger charge is -2.19. The van der Waals surface area contributed by atoms with Crippen LogP contribution in [0.1, 0.15) is 39.5 Å². The van der Waals surface area contributed by atoms with E-state index in [1.165, 1.54) is 18.4 Å². The summed E-state index contributed by atoms with van der Waals surface area (Å²) in [5, 5.41) is 0. The van der Waals surface area contributed by atoms with Crippen LogP contribution < -0.4 is 0 Å². The van der Waals surface area contributed by atoms with E-state index in [-0.39, 0.29) is 0 Å². The molecule has 1 atom stereocenters. The fraction of sp³-hybridized carbons (Fsp3) is 0.700. The molecule has 0 saturated heterocycles. The molecule has 0 bridgehead atoms. The molecule has 0 N–H and O–H groups in total. The van der Waals surface area contributed by atoms with Gasteiger partial charge in [-0.3, -0.25) is 4.79 Å². The highest BCUT2D eigenvalue weighted by Crippen LogP contribution is 2.26. The Kier molecular flexibility index (Phi) is 2.86. The van der Waals surface area contributed by atoms with Crippen LogP contribution in [0.4, 0.5) is 0 Å². The second kappa shape index (κ2) is 3.70. The van der Waals surface area contributed by atoms with Crippen molar-refractivity contribution in [2.75, 3.05) is 0 Å². The van der Waals surface area contributed by atoms with E-state index in [9.17, 15) is 4.79 Å². The van der Waals surface area contributed by atoms with Crippen LogP contribution in [-0.2, 0) is 4.79 Å². The molecule has 62 valence electrons. The third-order valence-corrected chi connectivity index (χ3v) is 2.41. The largest absolute Gasteiger partial charge is 0.295 e. The van der Waals surface area contributed by atoms with Crippen LogP contribution in [0.3, 0.4) is 0 Å². The van der Waals surface area contributed by atoms with Crippen molar-refractivity contribution in [3.05, 3.63) is 11.6 Å². The lowest BCUT2D eigenvalue weighted by molar-refractivity contribution is -0.115. The summed E-state index contributed by atoms with van der Waals surface area (Å²) in [5.74, 6) is 1.01. The maximum absolute atomic E-state index is 10.9. The van der Waals surface area contributed by atoms with Crippen molar-refractivity contribution in [1.82, 2.24) is 0 Å². The second-order valence-electron chi connectivity index (χ2n) is 3.38. The summed E-state index contributed by atoms with van der Waals surface area (Å²) in [4.78, 5) is 10.9. The second-order valence-corrected chi connectivity index (χ2v) is 3.38. The molecular weight excluding hydrogens is 136 g/mol. The Labute approximate surface area is 68.5 Å². The first-order chi connectivity index (χ1) is 5.24. The number of rotatable bonds is 2. The lowest BCUT2D eigenvalue weighted by Crippen LogP contribution is -2.11. The molecule has 1 aliphatic carbocycles. The third-order valence-electron chi connectivity index (χ3n) is 2.41. The van der Waals surface area contributed by atoms with Crippen molar-refractivity contribution >= 4 is 5.78 Å². The summed E-state index contributed by atoms with van der Waals surface area (Å²) < 4.78 is 0. The Bertz CT molecular complexity index is 179. The van der Waals surface area contributed by atoms with Crippen molar-refractivity contribution < 1.29 is 4.79 Å². The van der Waals surface area contributed by atoms with Gasteiger partial charge in [-0.1, -0.05) is 18.9 Å². The molecule has 0 unspecified atom stereocenters.